The highest BCUT2D eigenvalue weighted by Gasteiger charge is 2.19. The topological polar surface area (TPSA) is 29.9 Å². The molecule has 0 atom stereocenters. The van der Waals surface area contributed by atoms with E-state index < -0.39 is 0 Å². The summed E-state index contributed by atoms with van der Waals surface area (Å²) in [5.41, 5.74) is 3.62. The van der Waals surface area contributed by atoms with Crippen molar-refractivity contribution in [2.45, 2.75) is 58.4 Å². The predicted molar refractivity (Wildman–Crippen MR) is 88.2 cm³/mol. The first-order valence-electron chi connectivity index (χ1n) is 8.18. The van der Waals surface area contributed by atoms with E-state index in [0.717, 1.165) is 18.1 Å². The van der Waals surface area contributed by atoms with Gasteiger partial charge in [-0.2, -0.15) is 0 Å². The zero-order valence-corrected chi connectivity index (χ0v) is 13.1. The molecule has 3 nitrogen and oxygen atoms in total. The second-order valence-electron chi connectivity index (χ2n) is 6.04. The van der Waals surface area contributed by atoms with Crippen LogP contribution in [0.4, 0.5) is 11.6 Å². The monoisotopic (exact) mass is 283 g/mol. The summed E-state index contributed by atoms with van der Waals surface area (Å²) in [7, 11) is 0. The van der Waals surface area contributed by atoms with E-state index in [1.165, 1.54) is 43.4 Å². The Morgan fingerprint density at radius 3 is 2.71 bits per heavy atom. The van der Waals surface area contributed by atoms with Gasteiger partial charge in [-0.1, -0.05) is 44.4 Å². The number of anilines is 2. The van der Waals surface area contributed by atoms with Crippen LogP contribution in [0.15, 0.2) is 30.5 Å². The fourth-order valence-electron chi connectivity index (χ4n) is 3.32. The number of rotatable bonds is 4. The summed E-state index contributed by atoms with van der Waals surface area (Å²) >= 11 is 0. The van der Waals surface area contributed by atoms with Crippen LogP contribution in [0.1, 0.15) is 56.3 Å². The third kappa shape index (κ3) is 3.12. The Morgan fingerprint density at radius 1 is 1.19 bits per heavy atom. The predicted octanol–water partition coefficient (Wildman–Crippen LogP) is 5.00. The van der Waals surface area contributed by atoms with Gasteiger partial charge in [-0.25, -0.2) is 4.98 Å². The lowest BCUT2D eigenvalue weighted by Crippen LogP contribution is -2.14. The summed E-state index contributed by atoms with van der Waals surface area (Å²) in [5, 5.41) is 3.56. The highest BCUT2D eigenvalue weighted by Crippen LogP contribution is 2.32. The van der Waals surface area contributed by atoms with Crippen LogP contribution in [0.3, 0.4) is 0 Å². The molecule has 3 rings (SSSR count). The number of para-hydroxylation sites is 1. The molecule has 3 heteroatoms. The summed E-state index contributed by atoms with van der Waals surface area (Å²) < 4.78 is 2.36. The van der Waals surface area contributed by atoms with E-state index in [1.54, 1.807) is 0 Å². The molecule has 1 N–H and O–H groups in total. The molecule has 1 aliphatic rings. The first-order chi connectivity index (χ1) is 10.3. The van der Waals surface area contributed by atoms with Gasteiger partial charge in [-0.15, -0.1) is 0 Å². The normalized spacial score (nSPS) is 16.1. The van der Waals surface area contributed by atoms with Crippen molar-refractivity contribution in [3.63, 3.8) is 0 Å². The molecule has 21 heavy (non-hydrogen) atoms. The maximum absolute atomic E-state index is 4.71. The maximum atomic E-state index is 4.71. The molecule has 1 aliphatic carbocycles. The van der Waals surface area contributed by atoms with Crippen molar-refractivity contribution < 1.29 is 0 Å². The second kappa shape index (κ2) is 6.33. The third-order valence-corrected chi connectivity index (χ3v) is 4.47. The summed E-state index contributed by atoms with van der Waals surface area (Å²) in [6.45, 7) is 4.27. The molecule has 0 radical (unpaired) electrons. The Labute approximate surface area is 127 Å². The van der Waals surface area contributed by atoms with Gasteiger partial charge in [-0.05, 0) is 37.8 Å². The number of aryl methyl sites for hydroxylation is 2. The van der Waals surface area contributed by atoms with Gasteiger partial charge in [0, 0.05) is 17.9 Å². The van der Waals surface area contributed by atoms with E-state index in [9.17, 15) is 0 Å². The van der Waals surface area contributed by atoms with Gasteiger partial charge in [-0.3, -0.25) is 0 Å². The Hall–Kier alpha value is -1.77. The minimum Gasteiger partial charge on any atom is -0.325 e. The molecular weight excluding hydrogens is 258 g/mol. The van der Waals surface area contributed by atoms with Crippen molar-refractivity contribution in [3.8, 4) is 0 Å². The van der Waals surface area contributed by atoms with Gasteiger partial charge in [0.15, 0.2) is 0 Å². The molecule has 0 spiro atoms. The van der Waals surface area contributed by atoms with Gasteiger partial charge in [0.1, 0.15) is 0 Å². The molecule has 1 aromatic heterocycles. The van der Waals surface area contributed by atoms with Gasteiger partial charge >= 0.3 is 0 Å². The molecule has 0 bridgehead atoms. The Bertz CT molecular complexity index is 594. The fraction of sp³-hybridized carbons (Fsp3) is 0.500. The van der Waals surface area contributed by atoms with Crippen LogP contribution in [0.25, 0.3) is 0 Å². The highest BCUT2D eigenvalue weighted by atomic mass is 15.2. The highest BCUT2D eigenvalue weighted by molar-refractivity contribution is 5.59. The van der Waals surface area contributed by atoms with Crippen LogP contribution in [-0.4, -0.2) is 9.55 Å². The minimum atomic E-state index is 0.608. The largest absolute Gasteiger partial charge is 0.325 e. The number of nitrogens with one attached hydrogen (secondary N) is 1. The lowest BCUT2D eigenvalue weighted by atomic mass is 9.95. The maximum Gasteiger partial charge on any atom is 0.207 e. The molecule has 1 aromatic carbocycles. The van der Waals surface area contributed by atoms with Crippen molar-refractivity contribution in [3.05, 3.63) is 41.7 Å². The van der Waals surface area contributed by atoms with Crippen LogP contribution < -0.4 is 5.32 Å². The van der Waals surface area contributed by atoms with Gasteiger partial charge in [0.25, 0.3) is 0 Å². The smallest absolute Gasteiger partial charge is 0.207 e. The van der Waals surface area contributed by atoms with E-state index in [0.29, 0.717) is 6.04 Å². The molecule has 0 amide bonds. The van der Waals surface area contributed by atoms with Crippen LogP contribution in [0.5, 0.6) is 0 Å². The molecule has 0 unspecified atom stereocenters. The van der Waals surface area contributed by atoms with Gasteiger partial charge in [0.05, 0.1) is 5.69 Å². The van der Waals surface area contributed by atoms with Crippen LogP contribution in [0, 0.1) is 6.92 Å². The summed E-state index contributed by atoms with van der Waals surface area (Å²) in [6.07, 6.45) is 9.85. The fourth-order valence-corrected chi connectivity index (χ4v) is 3.32. The van der Waals surface area contributed by atoms with E-state index in [4.69, 9.17) is 4.98 Å². The molecule has 1 heterocycles. The van der Waals surface area contributed by atoms with Crippen LogP contribution in [-0.2, 0) is 6.42 Å². The number of nitrogens with zero attached hydrogens (tertiary/aromatic N) is 2. The number of imidazole rings is 1. The molecular formula is C18H25N3. The van der Waals surface area contributed by atoms with Crippen molar-refractivity contribution >= 4 is 11.6 Å². The molecule has 0 saturated heterocycles. The summed E-state index contributed by atoms with van der Waals surface area (Å²) in [6, 6.07) is 9.12. The summed E-state index contributed by atoms with van der Waals surface area (Å²) in [4.78, 5) is 4.71. The van der Waals surface area contributed by atoms with Gasteiger partial charge in [0.2, 0.25) is 5.95 Å². The van der Waals surface area contributed by atoms with Gasteiger partial charge < -0.3 is 9.88 Å². The Balaban J connectivity index is 1.88. The van der Waals surface area contributed by atoms with E-state index in [2.05, 4.69) is 54.2 Å². The lowest BCUT2D eigenvalue weighted by molar-refractivity contribution is 0.356. The zero-order chi connectivity index (χ0) is 14.7. The number of benzene rings is 1. The SMILES string of the molecule is CCc1ccccc1Nc1nc(C)cn1C1CCCCC1. The Kier molecular flexibility index (Phi) is 4.28. The minimum absolute atomic E-state index is 0.608. The van der Waals surface area contributed by atoms with E-state index in [-0.39, 0.29) is 0 Å². The van der Waals surface area contributed by atoms with Crippen LogP contribution in [0.2, 0.25) is 0 Å². The van der Waals surface area contributed by atoms with Crippen LogP contribution >= 0.6 is 0 Å². The number of aromatic nitrogens is 2. The molecule has 1 fully saturated rings. The molecule has 112 valence electrons. The third-order valence-electron chi connectivity index (χ3n) is 4.47. The first-order valence-corrected chi connectivity index (χ1v) is 8.18. The molecule has 0 aliphatic heterocycles. The average Bonchev–Trinajstić information content (AvgIpc) is 2.89. The first kappa shape index (κ1) is 14.2. The van der Waals surface area contributed by atoms with Crippen molar-refractivity contribution in [1.82, 2.24) is 9.55 Å². The quantitative estimate of drug-likeness (QED) is 0.855. The number of hydrogen-bond donors (Lipinski definition) is 1. The van der Waals surface area contributed by atoms with Crippen molar-refractivity contribution in [2.75, 3.05) is 5.32 Å². The molecule has 1 saturated carbocycles. The average molecular weight is 283 g/mol. The second-order valence-corrected chi connectivity index (χ2v) is 6.04. The van der Waals surface area contributed by atoms with E-state index in [1.807, 2.05) is 0 Å². The van der Waals surface area contributed by atoms with E-state index >= 15 is 0 Å². The standard InChI is InChI=1S/C18H25N3/c1-3-15-9-7-8-12-17(15)20-18-19-14(2)13-21(18)16-10-5-4-6-11-16/h7-9,12-13,16H,3-6,10-11H2,1-2H3,(H,19,20). The summed E-state index contributed by atoms with van der Waals surface area (Å²) in [5.74, 6) is 1.00. The van der Waals surface area contributed by atoms with Crippen molar-refractivity contribution in [1.29, 1.82) is 0 Å². The Morgan fingerprint density at radius 2 is 1.95 bits per heavy atom. The molecule has 2 aromatic rings. The zero-order valence-electron chi connectivity index (χ0n) is 13.1. The number of hydrogen-bond acceptors (Lipinski definition) is 2. The lowest BCUT2D eigenvalue weighted by Gasteiger charge is -2.25. The van der Waals surface area contributed by atoms with Crippen molar-refractivity contribution in [2.24, 2.45) is 0 Å².